The number of benzene rings is 1. The molecule has 1 fully saturated rings. The summed E-state index contributed by atoms with van der Waals surface area (Å²) in [7, 11) is 0. The van der Waals surface area contributed by atoms with Crippen molar-refractivity contribution >= 4 is 17.5 Å². The second kappa shape index (κ2) is 8.25. The van der Waals surface area contributed by atoms with Gasteiger partial charge in [0.2, 0.25) is 0 Å². The average molecular weight is 311 g/mol. The van der Waals surface area contributed by atoms with Gasteiger partial charge in [-0.25, -0.2) is 0 Å². The third-order valence-corrected chi connectivity index (χ3v) is 4.06. The normalized spacial score (nSPS) is 15.6. The lowest BCUT2D eigenvalue weighted by Crippen LogP contribution is -2.35. The highest BCUT2D eigenvalue weighted by Gasteiger charge is 2.17. The lowest BCUT2D eigenvalue weighted by Gasteiger charge is -2.21. The number of hydrogen-bond acceptors (Lipinski definition) is 3. The van der Waals surface area contributed by atoms with Crippen molar-refractivity contribution in [2.75, 3.05) is 26.2 Å². The number of para-hydroxylation sites is 1. The molecule has 5 heteroatoms. The van der Waals surface area contributed by atoms with E-state index in [9.17, 15) is 4.79 Å². The smallest absolute Gasteiger partial charge is 0.260 e. The second-order valence-corrected chi connectivity index (χ2v) is 5.76. The molecule has 1 aliphatic rings. The van der Waals surface area contributed by atoms with E-state index in [-0.39, 0.29) is 12.5 Å². The number of likely N-dealkylation sites (tertiary alicyclic amines) is 1. The van der Waals surface area contributed by atoms with Crippen LogP contribution in [0.5, 0.6) is 5.75 Å². The summed E-state index contributed by atoms with van der Waals surface area (Å²) in [6.07, 6.45) is 5.26. The third kappa shape index (κ3) is 4.61. The Kier molecular flexibility index (Phi) is 6.33. The number of ether oxygens (including phenoxy) is 1. The van der Waals surface area contributed by atoms with Crippen LogP contribution >= 0.6 is 11.6 Å². The minimum Gasteiger partial charge on any atom is -0.482 e. The van der Waals surface area contributed by atoms with Crippen LogP contribution in [0, 0.1) is 0 Å². The van der Waals surface area contributed by atoms with Crippen molar-refractivity contribution < 1.29 is 9.53 Å². The summed E-state index contributed by atoms with van der Waals surface area (Å²) in [5.74, 6) is 0.628. The fourth-order valence-electron chi connectivity index (χ4n) is 2.61. The van der Waals surface area contributed by atoms with Gasteiger partial charge in [0.1, 0.15) is 5.75 Å². The van der Waals surface area contributed by atoms with Gasteiger partial charge in [0.15, 0.2) is 6.61 Å². The maximum Gasteiger partial charge on any atom is 0.260 e. The van der Waals surface area contributed by atoms with E-state index >= 15 is 0 Å². The number of halogens is 1. The van der Waals surface area contributed by atoms with Crippen molar-refractivity contribution in [1.82, 2.24) is 4.90 Å². The Morgan fingerprint density at radius 3 is 2.62 bits per heavy atom. The fourth-order valence-corrected chi connectivity index (χ4v) is 2.86. The monoisotopic (exact) mass is 310 g/mol. The molecule has 1 heterocycles. The number of hydrogen-bond donors (Lipinski definition) is 1. The van der Waals surface area contributed by atoms with E-state index in [1.165, 1.54) is 12.8 Å². The maximum absolute atomic E-state index is 12.2. The van der Waals surface area contributed by atoms with Gasteiger partial charge in [-0.05, 0) is 37.4 Å². The minimum absolute atomic E-state index is 0.0375. The first-order valence-corrected chi connectivity index (χ1v) is 7.98. The topological polar surface area (TPSA) is 55.6 Å². The summed E-state index contributed by atoms with van der Waals surface area (Å²) in [5.41, 5.74) is 6.55. The van der Waals surface area contributed by atoms with Gasteiger partial charge in [0.25, 0.3) is 5.91 Å². The molecular weight excluding hydrogens is 288 g/mol. The molecule has 4 nitrogen and oxygen atoms in total. The molecule has 0 unspecified atom stereocenters. The highest BCUT2D eigenvalue weighted by Crippen LogP contribution is 2.29. The standard InChI is InChI=1S/C16H23ClN2O2/c17-14-7-5-6-13(8-9-18)16(14)21-12-15(20)19-10-3-1-2-4-11-19/h5-7H,1-4,8-12,18H2. The van der Waals surface area contributed by atoms with Crippen LogP contribution in [-0.4, -0.2) is 37.0 Å². The molecule has 0 atom stereocenters. The Labute approximate surface area is 131 Å². The molecular formula is C16H23ClN2O2. The first-order valence-electron chi connectivity index (χ1n) is 7.60. The molecule has 0 bridgehead atoms. The van der Waals surface area contributed by atoms with Crippen LogP contribution in [0.15, 0.2) is 18.2 Å². The molecule has 1 amide bonds. The third-order valence-electron chi connectivity index (χ3n) is 3.76. The molecule has 21 heavy (non-hydrogen) atoms. The summed E-state index contributed by atoms with van der Waals surface area (Å²) < 4.78 is 5.70. The van der Waals surface area contributed by atoms with Gasteiger partial charge in [0, 0.05) is 13.1 Å². The zero-order valence-electron chi connectivity index (χ0n) is 12.3. The van der Waals surface area contributed by atoms with Gasteiger partial charge in [-0.1, -0.05) is 36.6 Å². The van der Waals surface area contributed by atoms with Crippen LogP contribution in [0.1, 0.15) is 31.2 Å². The molecule has 2 N–H and O–H groups in total. The Morgan fingerprint density at radius 1 is 1.24 bits per heavy atom. The van der Waals surface area contributed by atoms with E-state index in [2.05, 4.69) is 0 Å². The Hall–Kier alpha value is -1.26. The Morgan fingerprint density at radius 2 is 1.95 bits per heavy atom. The molecule has 0 saturated carbocycles. The highest BCUT2D eigenvalue weighted by molar-refractivity contribution is 6.32. The van der Waals surface area contributed by atoms with Gasteiger partial charge in [-0.15, -0.1) is 0 Å². The number of carbonyl (C=O) groups excluding carboxylic acids is 1. The molecule has 2 rings (SSSR count). The van der Waals surface area contributed by atoms with Gasteiger partial charge < -0.3 is 15.4 Å². The zero-order valence-corrected chi connectivity index (χ0v) is 13.1. The SMILES string of the molecule is NCCc1cccc(Cl)c1OCC(=O)N1CCCCCC1. The van der Waals surface area contributed by atoms with Crippen molar-refractivity contribution in [3.05, 3.63) is 28.8 Å². The van der Waals surface area contributed by atoms with Gasteiger partial charge >= 0.3 is 0 Å². The molecule has 1 aromatic rings. The van der Waals surface area contributed by atoms with E-state index in [1.807, 2.05) is 17.0 Å². The van der Waals surface area contributed by atoms with Crippen LogP contribution < -0.4 is 10.5 Å². The first-order chi connectivity index (χ1) is 10.2. The van der Waals surface area contributed by atoms with Crippen LogP contribution in [0.2, 0.25) is 5.02 Å². The Balaban J connectivity index is 1.97. The molecule has 1 aromatic carbocycles. The minimum atomic E-state index is 0.0375. The summed E-state index contributed by atoms with van der Waals surface area (Å²) in [6.45, 7) is 2.23. The number of rotatable bonds is 5. The van der Waals surface area contributed by atoms with Crippen molar-refractivity contribution in [2.45, 2.75) is 32.1 Å². The lowest BCUT2D eigenvalue weighted by atomic mass is 10.1. The van der Waals surface area contributed by atoms with E-state index in [1.54, 1.807) is 6.07 Å². The van der Waals surface area contributed by atoms with Gasteiger partial charge in [-0.2, -0.15) is 0 Å². The van der Waals surface area contributed by atoms with Crippen molar-refractivity contribution in [2.24, 2.45) is 5.73 Å². The lowest BCUT2D eigenvalue weighted by molar-refractivity contribution is -0.133. The fraction of sp³-hybridized carbons (Fsp3) is 0.562. The summed E-state index contributed by atoms with van der Waals surface area (Å²) >= 11 is 6.17. The van der Waals surface area contributed by atoms with Crippen LogP contribution in [-0.2, 0) is 11.2 Å². The van der Waals surface area contributed by atoms with Crippen molar-refractivity contribution in [3.63, 3.8) is 0 Å². The molecule has 0 aromatic heterocycles. The molecule has 0 spiro atoms. The largest absolute Gasteiger partial charge is 0.482 e. The van der Waals surface area contributed by atoms with E-state index < -0.39 is 0 Å². The zero-order chi connectivity index (χ0) is 15.1. The number of amides is 1. The average Bonchev–Trinajstić information content (AvgIpc) is 2.76. The molecule has 0 aliphatic carbocycles. The van der Waals surface area contributed by atoms with Crippen LogP contribution in [0.3, 0.4) is 0 Å². The number of carbonyl (C=O) groups is 1. The quantitative estimate of drug-likeness (QED) is 0.909. The predicted octanol–water partition coefficient (Wildman–Crippen LogP) is 2.62. The molecule has 0 radical (unpaired) electrons. The second-order valence-electron chi connectivity index (χ2n) is 5.35. The Bertz CT molecular complexity index is 471. The van der Waals surface area contributed by atoms with Crippen molar-refractivity contribution in [1.29, 1.82) is 0 Å². The highest BCUT2D eigenvalue weighted by atomic mass is 35.5. The molecule has 116 valence electrons. The first kappa shape index (κ1) is 16.1. The van der Waals surface area contributed by atoms with Crippen LogP contribution in [0.4, 0.5) is 0 Å². The van der Waals surface area contributed by atoms with Crippen LogP contribution in [0.25, 0.3) is 0 Å². The maximum atomic E-state index is 12.2. The van der Waals surface area contributed by atoms with E-state index in [0.29, 0.717) is 23.7 Å². The van der Waals surface area contributed by atoms with E-state index in [0.717, 1.165) is 31.5 Å². The molecule has 1 aliphatic heterocycles. The summed E-state index contributed by atoms with van der Waals surface area (Å²) in [5, 5.41) is 0.532. The summed E-state index contributed by atoms with van der Waals surface area (Å²) in [6, 6.07) is 5.58. The molecule has 1 saturated heterocycles. The number of nitrogens with zero attached hydrogens (tertiary/aromatic N) is 1. The van der Waals surface area contributed by atoms with Gasteiger partial charge in [0.05, 0.1) is 5.02 Å². The van der Waals surface area contributed by atoms with Crippen molar-refractivity contribution in [3.8, 4) is 5.75 Å². The van der Waals surface area contributed by atoms with E-state index in [4.69, 9.17) is 22.1 Å². The predicted molar refractivity (Wildman–Crippen MR) is 84.8 cm³/mol. The summed E-state index contributed by atoms with van der Waals surface area (Å²) in [4.78, 5) is 14.1. The van der Waals surface area contributed by atoms with Gasteiger partial charge in [-0.3, -0.25) is 4.79 Å². The number of nitrogens with two attached hydrogens (primary N) is 1.